The van der Waals surface area contributed by atoms with E-state index in [0.717, 1.165) is 5.56 Å². The minimum Gasteiger partial charge on any atom is -0.489 e. The molecule has 0 radical (unpaired) electrons. The van der Waals surface area contributed by atoms with Crippen LogP contribution in [0.5, 0.6) is 11.5 Å². The Morgan fingerprint density at radius 2 is 1.50 bits per heavy atom. The van der Waals surface area contributed by atoms with E-state index in [1.54, 1.807) is 12.1 Å². The molecule has 0 N–H and O–H groups in total. The van der Waals surface area contributed by atoms with Crippen molar-refractivity contribution in [3.63, 3.8) is 0 Å². The lowest BCUT2D eigenvalue weighted by Crippen LogP contribution is -2.12. The van der Waals surface area contributed by atoms with E-state index in [1.807, 2.05) is 30.3 Å². The molecule has 3 aromatic rings. The van der Waals surface area contributed by atoms with Gasteiger partial charge in [0.2, 0.25) is 0 Å². The summed E-state index contributed by atoms with van der Waals surface area (Å²) in [6.45, 7) is 0.351. The molecule has 0 saturated carbocycles. The Morgan fingerprint density at radius 3 is 2.14 bits per heavy atom. The van der Waals surface area contributed by atoms with Crippen LogP contribution >= 0.6 is 0 Å². The maximum Gasteiger partial charge on any atom is 0.416 e. The maximum atomic E-state index is 13.4. The first-order valence-electron chi connectivity index (χ1n) is 8.18. The molecule has 0 unspecified atom stereocenters. The fraction of sp³-hybridized carbons (Fsp3) is 0.0952. The van der Waals surface area contributed by atoms with Crippen molar-refractivity contribution in [2.45, 2.75) is 12.8 Å². The van der Waals surface area contributed by atoms with E-state index in [4.69, 9.17) is 9.47 Å². The molecule has 0 spiro atoms. The van der Waals surface area contributed by atoms with Crippen LogP contribution in [0.1, 0.15) is 21.5 Å². The lowest BCUT2D eigenvalue weighted by Gasteiger charge is -2.10. The summed E-state index contributed by atoms with van der Waals surface area (Å²) < 4.78 is 62.2. The molecular formula is C21H14F4O3. The normalized spacial score (nSPS) is 11.1. The lowest BCUT2D eigenvalue weighted by atomic mass is 10.1. The highest BCUT2D eigenvalue weighted by Gasteiger charge is 2.32. The Kier molecular flexibility index (Phi) is 5.63. The molecule has 0 fully saturated rings. The second kappa shape index (κ2) is 8.12. The second-order valence-electron chi connectivity index (χ2n) is 5.86. The second-order valence-corrected chi connectivity index (χ2v) is 5.86. The molecule has 0 aliphatic heterocycles. The first kappa shape index (κ1) is 19.4. The minimum absolute atomic E-state index is 0.0925. The summed E-state index contributed by atoms with van der Waals surface area (Å²) in [6.07, 6.45) is -4.77. The van der Waals surface area contributed by atoms with E-state index < -0.39 is 29.1 Å². The maximum absolute atomic E-state index is 13.4. The summed E-state index contributed by atoms with van der Waals surface area (Å²) in [5.74, 6) is -1.65. The molecule has 7 heteroatoms. The van der Waals surface area contributed by atoms with Gasteiger partial charge in [0, 0.05) is 0 Å². The molecule has 0 aromatic heterocycles. The van der Waals surface area contributed by atoms with Gasteiger partial charge in [0.1, 0.15) is 23.9 Å². The zero-order valence-corrected chi connectivity index (χ0v) is 14.4. The zero-order valence-electron chi connectivity index (χ0n) is 14.4. The number of carbonyl (C=O) groups excluding carboxylic acids is 1. The quantitative estimate of drug-likeness (QED) is 0.321. The van der Waals surface area contributed by atoms with Crippen LogP contribution in [0.3, 0.4) is 0 Å². The Balaban J connectivity index is 1.65. The number of hydrogen-bond donors (Lipinski definition) is 0. The van der Waals surface area contributed by atoms with Crippen molar-refractivity contribution < 1.29 is 31.8 Å². The summed E-state index contributed by atoms with van der Waals surface area (Å²) >= 11 is 0. The van der Waals surface area contributed by atoms with Crippen molar-refractivity contribution in [1.82, 2.24) is 0 Å². The van der Waals surface area contributed by atoms with Gasteiger partial charge in [-0.05, 0) is 48.0 Å². The van der Waals surface area contributed by atoms with Crippen molar-refractivity contribution in [2.24, 2.45) is 0 Å². The van der Waals surface area contributed by atoms with Crippen LogP contribution in [0.2, 0.25) is 0 Å². The Bertz CT molecular complexity index is 952. The van der Waals surface area contributed by atoms with Crippen LogP contribution in [0.4, 0.5) is 17.6 Å². The minimum atomic E-state index is -4.77. The van der Waals surface area contributed by atoms with Crippen molar-refractivity contribution in [1.29, 1.82) is 0 Å². The Morgan fingerprint density at radius 1 is 0.857 bits per heavy atom. The summed E-state index contributed by atoms with van der Waals surface area (Å²) in [7, 11) is 0. The molecule has 3 aromatic carbocycles. The molecule has 0 atom stereocenters. The number of ether oxygens (including phenoxy) is 2. The highest BCUT2D eigenvalue weighted by molar-refractivity contribution is 5.91. The van der Waals surface area contributed by atoms with Gasteiger partial charge in [0.15, 0.2) is 0 Å². The van der Waals surface area contributed by atoms with Crippen LogP contribution < -0.4 is 9.47 Å². The van der Waals surface area contributed by atoms with Gasteiger partial charge in [0.25, 0.3) is 0 Å². The summed E-state index contributed by atoms with van der Waals surface area (Å²) in [4.78, 5) is 12.1. The first-order chi connectivity index (χ1) is 13.3. The average molecular weight is 390 g/mol. The van der Waals surface area contributed by atoms with E-state index in [-0.39, 0.29) is 5.75 Å². The van der Waals surface area contributed by atoms with Crippen LogP contribution in [-0.4, -0.2) is 5.97 Å². The summed E-state index contributed by atoms with van der Waals surface area (Å²) in [5.41, 5.74) is -0.814. The van der Waals surface area contributed by atoms with Gasteiger partial charge in [-0.2, -0.15) is 13.2 Å². The molecule has 3 nitrogen and oxygen atoms in total. The number of esters is 1. The van der Waals surface area contributed by atoms with Gasteiger partial charge in [0.05, 0.1) is 11.1 Å². The molecule has 0 heterocycles. The first-order valence-corrected chi connectivity index (χ1v) is 8.18. The largest absolute Gasteiger partial charge is 0.489 e. The van der Waals surface area contributed by atoms with Gasteiger partial charge < -0.3 is 9.47 Å². The predicted molar refractivity (Wildman–Crippen MR) is 93.6 cm³/mol. The molecule has 0 amide bonds. The molecule has 0 aliphatic rings. The molecule has 3 rings (SSSR count). The fourth-order valence-electron chi connectivity index (χ4n) is 2.38. The van der Waals surface area contributed by atoms with Crippen molar-refractivity contribution in [3.05, 3.63) is 95.3 Å². The molecule has 0 saturated heterocycles. The van der Waals surface area contributed by atoms with Crippen molar-refractivity contribution in [3.8, 4) is 11.5 Å². The van der Waals surface area contributed by atoms with Gasteiger partial charge >= 0.3 is 12.1 Å². The number of benzene rings is 3. The van der Waals surface area contributed by atoms with E-state index in [0.29, 0.717) is 30.6 Å². The number of alkyl halides is 3. The molecular weight excluding hydrogens is 376 g/mol. The van der Waals surface area contributed by atoms with E-state index in [9.17, 15) is 22.4 Å². The van der Waals surface area contributed by atoms with Crippen LogP contribution in [0.15, 0.2) is 72.8 Å². The van der Waals surface area contributed by atoms with Crippen molar-refractivity contribution >= 4 is 5.97 Å². The predicted octanol–water partition coefficient (Wildman–Crippen LogP) is 5.64. The van der Waals surface area contributed by atoms with Crippen LogP contribution in [0, 0.1) is 5.82 Å². The molecule has 144 valence electrons. The van der Waals surface area contributed by atoms with Crippen molar-refractivity contribution in [2.75, 3.05) is 0 Å². The van der Waals surface area contributed by atoms with Crippen LogP contribution in [-0.2, 0) is 12.8 Å². The van der Waals surface area contributed by atoms with E-state index >= 15 is 0 Å². The lowest BCUT2D eigenvalue weighted by molar-refractivity contribution is -0.137. The number of carbonyl (C=O) groups is 1. The topological polar surface area (TPSA) is 35.5 Å². The fourth-order valence-corrected chi connectivity index (χ4v) is 2.38. The third-order valence-electron chi connectivity index (χ3n) is 3.74. The number of rotatable bonds is 5. The smallest absolute Gasteiger partial charge is 0.416 e. The average Bonchev–Trinajstić information content (AvgIpc) is 2.67. The standard InChI is InChI=1S/C21H14F4O3/c22-17-11-15(10-16(12-17)21(23,24)25)20(26)28-19-8-6-18(7-9-19)27-13-14-4-2-1-3-5-14/h1-12H,13H2. The Labute approximate surface area is 158 Å². The number of halogens is 4. The van der Waals surface area contributed by atoms with Gasteiger partial charge in [-0.1, -0.05) is 30.3 Å². The third kappa shape index (κ3) is 5.09. The highest BCUT2D eigenvalue weighted by atomic mass is 19.4. The summed E-state index contributed by atoms with van der Waals surface area (Å²) in [5, 5.41) is 0. The molecule has 28 heavy (non-hydrogen) atoms. The highest BCUT2D eigenvalue weighted by Crippen LogP contribution is 2.30. The van der Waals surface area contributed by atoms with E-state index in [1.165, 1.54) is 12.1 Å². The zero-order chi connectivity index (χ0) is 20.1. The van der Waals surface area contributed by atoms with Gasteiger partial charge in [-0.15, -0.1) is 0 Å². The van der Waals surface area contributed by atoms with Gasteiger partial charge in [-0.25, -0.2) is 9.18 Å². The SMILES string of the molecule is O=C(Oc1ccc(OCc2ccccc2)cc1)c1cc(F)cc(C(F)(F)F)c1. The number of hydrogen-bond acceptors (Lipinski definition) is 3. The summed E-state index contributed by atoms with van der Waals surface area (Å²) in [6, 6.07) is 17.0. The van der Waals surface area contributed by atoms with Gasteiger partial charge in [-0.3, -0.25) is 0 Å². The molecule has 0 aliphatic carbocycles. The van der Waals surface area contributed by atoms with E-state index in [2.05, 4.69) is 0 Å². The third-order valence-corrected chi connectivity index (χ3v) is 3.74. The Hall–Kier alpha value is -3.35. The van der Waals surface area contributed by atoms with Crippen LogP contribution in [0.25, 0.3) is 0 Å². The monoisotopic (exact) mass is 390 g/mol. The molecule has 0 bridgehead atoms.